The molecule has 1 saturated heterocycles. The first-order valence-corrected chi connectivity index (χ1v) is 6.67. The van der Waals surface area contributed by atoms with E-state index in [9.17, 15) is 4.79 Å². The van der Waals surface area contributed by atoms with Crippen molar-refractivity contribution in [1.29, 1.82) is 0 Å². The molecule has 0 N–H and O–H groups in total. The van der Waals surface area contributed by atoms with E-state index in [-0.39, 0.29) is 11.9 Å². The molecule has 2 aromatic rings. The quantitative estimate of drug-likeness (QED) is 0.822. The number of amides is 1. The van der Waals surface area contributed by atoms with E-state index in [0.29, 0.717) is 5.76 Å². The highest BCUT2D eigenvalue weighted by atomic mass is 16.3. The van der Waals surface area contributed by atoms with Crippen LogP contribution >= 0.6 is 0 Å². The molecule has 1 aliphatic heterocycles. The molecule has 0 radical (unpaired) electrons. The third kappa shape index (κ3) is 2.28. The zero-order valence-electron chi connectivity index (χ0n) is 11.0. The summed E-state index contributed by atoms with van der Waals surface area (Å²) in [6, 6.07) is 12.1. The van der Waals surface area contributed by atoms with Gasteiger partial charge in [-0.15, -0.1) is 0 Å². The number of furan rings is 1. The van der Waals surface area contributed by atoms with Gasteiger partial charge in [-0.25, -0.2) is 0 Å². The molecule has 1 aliphatic rings. The van der Waals surface area contributed by atoms with Crippen LogP contribution in [-0.2, 0) is 0 Å². The smallest absolute Gasteiger partial charge is 0.290 e. The van der Waals surface area contributed by atoms with Crippen LogP contribution in [0.1, 0.15) is 40.6 Å². The molecule has 19 heavy (non-hydrogen) atoms. The van der Waals surface area contributed by atoms with Crippen molar-refractivity contribution in [2.45, 2.75) is 25.8 Å². The van der Waals surface area contributed by atoms with Crippen molar-refractivity contribution in [3.8, 4) is 0 Å². The van der Waals surface area contributed by atoms with Gasteiger partial charge < -0.3 is 9.32 Å². The molecule has 1 amide bonds. The first-order valence-electron chi connectivity index (χ1n) is 6.67. The number of hydrogen-bond donors (Lipinski definition) is 0. The molecule has 1 aromatic heterocycles. The van der Waals surface area contributed by atoms with Crippen LogP contribution in [0.15, 0.2) is 47.1 Å². The van der Waals surface area contributed by atoms with Crippen LogP contribution in [0.4, 0.5) is 0 Å². The highest BCUT2D eigenvalue weighted by Crippen LogP contribution is 2.33. The Balaban J connectivity index is 1.85. The average Bonchev–Trinajstić information content (AvgIpc) is 3.10. The molecular formula is C16H17NO2. The Bertz CT molecular complexity index is 557. The molecular weight excluding hydrogens is 238 g/mol. The number of aryl methyl sites for hydroxylation is 1. The summed E-state index contributed by atoms with van der Waals surface area (Å²) in [6.07, 6.45) is 3.62. The van der Waals surface area contributed by atoms with Crippen LogP contribution in [0, 0.1) is 6.92 Å². The van der Waals surface area contributed by atoms with Gasteiger partial charge in [0.25, 0.3) is 5.91 Å². The van der Waals surface area contributed by atoms with Crippen LogP contribution in [0.5, 0.6) is 0 Å². The van der Waals surface area contributed by atoms with E-state index < -0.39 is 0 Å². The Morgan fingerprint density at radius 2 is 2.05 bits per heavy atom. The van der Waals surface area contributed by atoms with Crippen molar-refractivity contribution in [3.05, 3.63) is 59.5 Å². The van der Waals surface area contributed by atoms with Gasteiger partial charge in [-0.1, -0.05) is 29.8 Å². The van der Waals surface area contributed by atoms with Crippen molar-refractivity contribution in [2.24, 2.45) is 0 Å². The fourth-order valence-corrected chi connectivity index (χ4v) is 2.69. The van der Waals surface area contributed by atoms with Gasteiger partial charge in [-0.05, 0) is 37.5 Å². The molecule has 0 unspecified atom stereocenters. The normalized spacial score (nSPS) is 18.8. The third-order valence-corrected chi connectivity index (χ3v) is 3.71. The molecule has 1 aromatic carbocycles. The first kappa shape index (κ1) is 12.0. The average molecular weight is 255 g/mol. The molecule has 3 heteroatoms. The lowest BCUT2D eigenvalue weighted by molar-refractivity contribution is 0.0703. The van der Waals surface area contributed by atoms with Crippen LogP contribution in [0.2, 0.25) is 0 Å². The maximum Gasteiger partial charge on any atom is 0.290 e. The summed E-state index contributed by atoms with van der Waals surface area (Å²) in [5.74, 6) is 0.423. The number of nitrogens with zero attached hydrogens (tertiary/aromatic N) is 1. The summed E-state index contributed by atoms with van der Waals surface area (Å²) in [7, 11) is 0. The Labute approximate surface area is 112 Å². The fourth-order valence-electron chi connectivity index (χ4n) is 2.69. The zero-order chi connectivity index (χ0) is 13.2. The predicted molar refractivity (Wildman–Crippen MR) is 72.9 cm³/mol. The number of carbonyl (C=O) groups is 1. The number of benzene rings is 1. The molecule has 98 valence electrons. The molecule has 0 bridgehead atoms. The van der Waals surface area contributed by atoms with Crippen LogP contribution in [0.3, 0.4) is 0 Å². The van der Waals surface area contributed by atoms with Crippen LogP contribution in [0.25, 0.3) is 0 Å². The molecule has 1 fully saturated rings. The van der Waals surface area contributed by atoms with Crippen molar-refractivity contribution >= 4 is 5.91 Å². The molecule has 2 heterocycles. The Morgan fingerprint density at radius 1 is 1.26 bits per heavy atom. The van der Waals surface area contributed by atoms with Crippen molar-refractivity contribution < 1.29 is 9.21 Å². The Kier molecular flexibility index (Phi) is 3.11. The number of likely N-dealkylation sites (tertiary alicyclic amines) is 1. The maximum absolute atomic E-state index is 12.4. The summed E-state index contributed by atoms with van der Waals surface area (Å²) in [5.41, 5.74) is 2.45. The van der Waals surface area contributed by atoms with Gasteiger partial charge in [0.05, 0.1) is 12.3 Å². The van der Waals surface area contributed by atoms with Crippen molar-refractivity contribution in [1.82, 2.24) is 4.90 Å². The van der Waals surface area contributed by atoms with Gasteiger partial charge in [-0.2, -0.15) is 0 Å². The van der Waals surface area contributed by atoms with E-state index in [1.54, 1.807) is 18.4 Å². The minimum atomic E-state index is -0.00641. The van der Waals surface area contributed by atoms with E-state index in [2.05, 4.69) is 31.2 Å². The van der Waals surface area contributed by atoms with Gasteiger partial charge in [0, 0.05) is 6.54 Å². The molecule has 1 atom stereocenters. The SMILES string of the molecule is Cc1ccc([C@@H]2CCCN2C(=O)c2ccco2)cc1. The predicted octanol–water partition coefficient (Wildman–Crippen LogP) is 3.57. The molecule has 0 saturated carbocycles. The van der Waals surface area contributed by atoms with Gasteiger partial charge in [0.1, 0.15) is 0 Å². The summed E-state index contributed by atoms with van der Waals surface area (Å²) in [5, 5.41) is 0. The van der Waals surface area contributed by atoms with Gasteiger partial charge in [0.15, 0.2) is 5.76 Å². The molecule has 0 spiro atoms. The second kappa shape index (κ2) is 4.92. The highest BCUT2D eigenvalue weighted by Gasteiger charge is 2.31. The van der Waals surface area contributed by atoms with E-state index >= 15 is 0 Å². The minimum absolute atomic E-state index is 0.00641. The van der Waals surface area contributed by atoms with Gasteiger partial charge >= 0.3 is 0 Å². The highest BCUT2D eigenvalue weighted by molar-refractivity contribution is 5.91. The lowest BCUT2D eigenvalue weighted by Crippen LogP contribution is -2.30. The summed E-state index contributed by atoms with van der Waals surface area (Å²) < 4.78 is 5.22. The summed E-state index contributed by atoms with van der Waals surface area (Å²) in [6.45, 7) is 2.88. The summed E-state index contributed by atoms with van der Waals surface area (Å²) >= 11 is 0. The van der Waals surface area contributed by atoms with Gasteiger partial charge in [0.2, 0.25) is 0 Å². The monoisotopic (exact) mass is 255 g/mol. The second-order valence-corrected chi connectivity index (χ2v) is 5.04. The number of rotatable bonds is 2. The van der Waals surface area contributed by atoms with Gasteiger partial charge in [-0.3, -0.25) is 4.79 Å². The largest absolute Gasteiger partial charge is 0.459 e. The Morgan fingerprint density at radius 3 is 2.74 bits per heavy atom. The van der Waals surface area contributed by atoms with Crippen molar-refractivity contribution in [3.63, 3.8) is 0 Å². The minimum Gasteiger partial charge on any atom is -0.459 e. The third-order valence-electron chi connectivity index (χ3n) is 3.71. The topological polar surface area (TPSA) is 33.5 Å². The van der Waals surface area contributed by atoms with Crippen molar-refractivity contribution in [2.75, 3.05) is 6.54 Å². The zero-order valence-corrected chi connectivity index (χ0v) is 11.0. The van der Waals surface area contributed by atoms with E-state index in [1.165, 1.54) is 11.1 Å². The van der Waals surface area contributed by atoms with Crippen LogP contribution in [-0.4, -0.2) is 17.4 Å². The lowest BCUT2D eigenvalue weighted by Gasteiger charge is -2.24. The summed E-state index contributed by atoms with van der Waals surface area (Å²) in [4.78, 5) is 14.3. The second-order valence-electron chi connectivity index (χ2n) is 5.04. The fraction of sp³-hybridized carbons (Fsp3) is 0.312. The number of carbonyl (C=O) groups excluding carboxylic acids is 1. The first-order chi connectivity index (χ1) is 9.25. The van der Waals surface area contributed by atoms with E-state index in [1.807, 2.05) is 4.90 Å². The molecule has 0 aliphatic carbocycles. The number of hydrogen-bond acceptors (Lipinski definition) is 2. The maximum atomic E-state index is 12.4. The lowest BCUT2D eigenvalue weighted by atomic mass is 10.0. The van der Waals surface area contributed by atoms with Crippen LogP contribution < -0.4 is 0 Å². The molecule has 3 nitrogen and oxygen atoms in total. The Hall–Kier alpha value is -2.03. The molecule has 3 rings (SSSR count). The van der Waals surface area contributed by atoms with E-state index in [0.717, 1.165) is 19.4 Å². The standard InChI is InChI=1S/C16H17NO2/c1-12-6-8-13(9-7-12)14-4-2-10-17(14)16(18)15-5-3-11-19-15/h3,5-9,11,14H,2,4,10H2,1H3/t14-/m0/s1. The van der Waals surface area contributed by atoms with E-state index in [4.69, 9.17) is 4.42 Å².